The summed E-state index contributed by atoms with van der Waals surface area (Å²) >= 11 is 3.41. The highest BCUT2D eigenvalue weighted by molar-refractivity contribution is 9.10. The minimum atomic E-state index is -0.389. The summed E-state index contributed by atoms with van der Waals surface area (Å²) in [6.45, 7) is 1.07. The van der Waals surface area contributed by atoms with Crippen molar-refractivity contribution in [3.05, 3.63) is 40.5 Å². The molecule has 2 atom stereocenters. The molecule has 0 radical (unpaired) electrons. The monoisotopic (exact) mass is 375 g/mol. The van der Waals surface area contributed by atoms with Crippen LogP contribution < -0.4 is 0 Å². The summed E-state index contributed by atoms with van der Waals surface area (Å²) in [7, 11) is 0. The number of carbonyl (C=O) groups is 1. The van der Waals surface area contributed by atoms with Gasteiger partial charge in [-0.1, -0.05) is 28.1 Å². The Balaban J connectivity index is 1.50. The number of benzene rings is 1. The van der Waals surface area contributed by atoms with E-state index in [0.29, 0.717) is 24.7 Å². The summed E-state index contributed by atoms with van der Waals surface area (Å²) < 4.78 is 1.00. The molecule has 1 aliphatic carbocycles. The summed E-state index contributed by atoms with van der Waals surface area (Å²) in [6.07, 6.45) is 1.98. The Labute approximate surface area is 142 Å². The molecule has 6 heteroatoms. The van der Waals surface area contributed by atoms with Crippen LogP contribution >= 0.6 is 15.9 Å². The molecule has 120 valence electrons. The SMILES string of the molecule is O=C(c1cc(-c2ccc(Br)cc2)n[nH]1)N1C[C@@H](O)[C@H](C2CC2)C1. The number of H-pyrrole nitrogens is 1. The van der Waals surface area contributed by atoms with Crippen molar-refractivity contribution in [1.29, 1.82) is 0 Å². The summed E-state index contributed by atoms with van der Waals surface area (Å²) in [6, 6.07) is 9.59. The van der Waals surface area contributed by atoms with Crippen molar-refractivity contribution in [2.24, 2.45) is 11.8 Å². The van der Waals surface area contributed by atoms with Gasteiger partial charge in [-0.05, 0) is 37.0 Å². The van der Waals surface area contributed by atoms with E-state index in [2.05, 4.69) is 26.1 Å². The first-order valence-electron chi connectivity index (χ1n) is 7.90. The van der Waals surface area contributed by atoms with Gasteiger partial charge in [-0.25, -0.2) is 0 Å². The van der Waals surface area contributed by atoms with Crippen LogP contribution in [0.3, 0.4) is 0 Å². The van der Waals surface area contributed by atoms with Crippen molar-refractivity contribution >= 4 is 21.8 Å². The third-order valence-corrected chi connectivity index (χ3v) is 5.32. The number of likely N-dealkylation sites (tertiary alicyclic amines) is 1. The zero-order chi connectivity index (χ0) is 16.0. The molecule has 2 aromatic rings. The molecule has 4 rings (SSSR count). The van der Waals surface area contributed by atoms with Crippen molar-refractivity contribution in [2.75, 3.05) is 13.1 Å². The molecule has 1 amide bonds. The first-order chi connectivity index (χ1) is 11.1. The first kappa shape index (κ1) is 14.9. The van der Waals surface area contributed by atoms with Crippen LogP contribution in [0.1, 0.15) is 23.3 Å². The largest absolute Gasteiger partial charge is 0.391 e. The average molecular weight is 376 g/mol. The van der Waals surface area contributed by atoms with Crippen molar-refractivity contribution in [1.82, 2.24) is 15.1 Å². The molecule has 2 aliphatic rings. The van der Waals surface area contributed by atoms with E-state index in [1.165, 1.54) is 12.8 Å². The molecule has 1 saturated carbocycles. The van der Waals surface area contributed by atoms with E-state index in [-0.39, 0.29) is 17.9 Å². The zero-order valence-corrected chi connectivity index (χ0v) is 14.2. The van der Waals surface area contributed by atoms with E-state index >= 15 is 0 Å². The molecule has 2 N–H and O–H groups in total. The highest BCUT2D eigenvalue weighted by atomic mass is 79.9. The number of halogens is 1. The second-order valence-electron chi connectivity index (χ2n) is 6.45. The van der Waals surface area contributed by atoms with E-state index in [1.807, 2.05) is 24.3 Å². The van der Waals surface area contributed by atoms with Gasteiger partial charge < -0.3 is 10.0 Å². The number of hydrogen-bond donors (Lipinski definition) is 2. The summed E-state index contributed by atoms with van der Waals surface area (Å²) in [4.78, 5) is 14.4. The molecular formula is C17H18BrN3O2. The average Bonchev–Trinajstić information content (AvgIpc) is 3.13. The van der Waals surface area contributed by atoms with Gasteiger partial charge >= 0.3 is 0 Å². The fourth-order valence-corrected chi connectivity index (χ4v) is 3.60. The predicted octanol–water partition coefficient (Wildman–Crippen LogP) is 2.68. The second kappa shape index (κ2) is 5.76. The van der Waals surface area contributed by atoms with Crippen LogP contribution in [0.4, 0.5) is 0 Å². The van der Waals surface area contributed by atoms with Crippen LogP contribution in [0.5, 0.6) is 0 Å². The number of hydrogen-bond acceptors (Lipinski definition) is 3. The molecule has 0 bridgehead atoms. The van der Waals surface area contributed by atoms with Gasteiger partial charge in [0.25, 0.3) is 5.91 Å². The van der Waals surface area contributed by atoms with Crippen molar-refractivity contribution < 1.29 is 9.90 Å². The summed E-state index contributed by atoms with van der Waals surface area (Å²) in [5.74, 6) is 0.763. The number of aliphatic hydroxyl groups excluding tert-OH is 1. The van der Waals surface area contributed by atoms with Gasteiger partial charge in [-0.2, -0.15) is 5.10 Å². The second-order valence-corrected chi connectivity index (χ2v) is 7.37. The maximum absolute atomic E-state index is 12.6. The van der Waals surface area contributed by atoms with Crippen molar-refractivity contribution in [3.8, 4) is 11.3 Å². The number of aromatic nitrogens is 2. The van der Waals surface area contributed by atoms with Crippen LogP contribution in [0.15, 0.2) is 34.8 Å². The van der Waals surface area contributed by atoms with Crippen LogP contribution in [0.25, 0.3) is 11.3 Å². The number of carbonyl (C=O) groups excluding carboxylic acids is 1. The Bertz CT molecular complexity index is 724. The number of β-amino-alcohol motifs (C(OH)–C–C–N with tert-alkyl or cyclic N) is 1. The van der Waals surface area contributed by atoms with Crippen LogP contribution in [0, 0.1) is 11.8 Å². The lowest BCUT2D eigenvalue weighted by atomic mass is 10.0. The number of amides is 1. The molecule has 1 aromatic heterocycles. The standard InChI is InChI=1S/C17H18BrN3O2/c18-12-5-3-11(4-6-12)14-7-15(20-19-14)17(23)21-8-13(10-1-2-10)16(22)9-21/h3-7,10,13,16,22H,1-2,8-9H2,(H,19,20)/t13-,16+/m0/s1. The van der Waals surface area contributed by atoms with Crippen molar-refractivity contribution in [2.45, 2.75) is 18.9 Å². The number of nitrogens with one attached hydrogen (secondary N) is 1. The highest BCUT2D eigenvalue weighted by Crippen LogP contribution is 2.41. The lowest BCUT2D eigenvalue weighted by molar-refractivity contribution is 0.0758. The minimum Gasteiger partial charge on any atom is -0.391 e. The molecule has 1 aliphatic heterocycles. The fraction of sp³-hybridized carbons (Fsp3) is 0.412. The van der Waals surface area contributed by atoms with E-state index in [4.69, 9.17) is 0 Å². The molecule has 5 nitrogen and oxygen atoms in total. The van der Waals surface area contributed by atoms with Gasteiger partial charge in [-0.15, -0.1) is 0 Å². The Kier molecular flexibility index (Phi) is 3.73. The lowest BCUT2D eigenvalue weighted by Gasteiger charge is -2.14. The maximum atomic E-state index is 12.6. The third-order valence-electron chi connectivity index (χ3n) is 4.80. The zero-order valence-electron chi connectivity index (χ0n) is 12.6. The molecule has 0 spiro atoms. The number of nitrogens with zero attached hydrogens (tertiary/aromatic N) is 2. The molecule has 23 heavy (non-hydrogen) atoms. The Morgan fingerprint density at radius 1 is 1.26 bits per heavy atom. The van der Waals surface area contributed by atoms with Crippen LogP contribution in [-0.4, -0.2) is 45.3 Å². The smallest absolute Gasteiger partial charge is 0.271 e. The molecule has 1 aromatic carbocycles. The normalized spacial score (nSPS) is 24.2. The Hall–Kier alpha value is -1.66. The Morgan fingerprint density at radius 3 is 2.70 bits per heavy atom. The minimum absolute atomic E-state index is 0.0805. The quantitative estimate of drug-likeness (QED) is 0.866. The molecule has 2 fully saturated rings. The molecular weight excluding hydrogens is 358 g/mol. The van der Waals surface area contributed by atoms with E-state index in [0.717, 1.165) is 15.7 Å². The topological polar surface area (TPSA) is 69.2 Å². The van der Waals surface area contributed by atoms with Gasteiger partial charge in [0.05, 0.1) is 11.8 Å². The number of rotatable bonds is 3. The van der Waals surface area contributed by atoms with Gasteiger partial charge in [0.15, 0.2) is 0 Å². The summed E-state index contributed by atoms with van der Waals surface area (Å²) in [5.41, 5.74) is 2.19. The highest BCUT2D eigenvalue weighted by Gasteiger charge is 2.43. The number of aromatic amines is 1. The predicted molar refractivity (Wildman–Crippen MR) is 89.8 cm³/mol. The van der Waals surface area contributed by atoms with Crippen molar-refractivity contribution in [3.63, 3.8) is 0 Å². The van der Waals surface area contributed by atoms with Crippen LogP contribution in [-0.2, 0) is 0 Å². The summed E-state index contributed by atoms with van der Waals surface area (Å²) in [5, 5.41) is 17.2. The lowest BCUT2D eigenvalue weighted by Crippen LogP contribution is -2.29. The van der Waals surface area contributed by atoms with E-state index in [1.54, 1.807) is 11.0 Å². The molecule has 0 unspecified atom stereocenters. The molecule has 1 saturated heterocycles. The van der Waals surface area contributed by atoms with E-state index in [9.17, 15) is 9.90 Å². The van der Waals surface area contributed by atoms with Gasteiger partial charge in [0.2, 0.25) is 0 Å². The van der Waals surface area contributed by atoms with E-state index < -0.39 is 0 Å². The third kappa shape index (κ3) is 2.93. The number of aliphatic hydroxyl groups is 1. The Morgan fingerprint density at radius 2 is 2.00 bits per heavy atom. The van der Waals surface area contributed by atoms with Gasteiger partial charge in [0, 0.05) is 29.0 Å². The van der Waals surface area contributed by atoms with Gasteiger partial charge in [0.1, 0.15) is 5.69 Å². The molecule has 2 heterocycles. The van der Waals surface area contributed by atoms with Gasteiger partial charge in [-0.3, -0.25) is 9.89 Å². The first-order valence-corrected chi connectivity index (χ1v) is 8.70. The fourth-order valence-electron chi connectivity index (χ4n) is 3.34. The van der Waals surface area contributed by atoms with Crippen LogP contribution in [0.2, 0.25) is 0 Å². The maximum Gasteiger partial charge on any atom is 0.271 e.